The summed E-state index contributed by atoms with van der Waals surface area (Å²) < 4.78 is 50.5. The van der Waals surface area contributed by atoms with Gasteiger partial charge in [0.2, 0.25) is 0 Å². The largest absolute Gasteiger partial charge is 0.481 e. The van der Waals surface area contributed by atoms with Crippen LogP contribution in [0.5, 0.6) is 0 Å². The minimum Gasteiger partial charge on any atom is -0.481 e. The van der Waals surface area contributed by atoms with Gasteiger partial charge in [0.25, 0.3) is 0 Å². The van der Waals surface area contributed by atoms with E-state index in [9.17, 15) is 22.4 Å². The summed E-state index contributed by atoms with van der Waals surface area (Å²) in [4.78, 5) is 10.3. The van der Waals surface area contributed by atoms with Crippen LogP contribution in [-0.4, -0.2) is 11.1 Å². The average molecular weight is 257 g/mol. The Morgan fingerprint density at radius 1 is 1.38 bits per heavy atom. The van der Waals surface area contributed by atoms with Crippen LogP contribution in [0.2, 0.25) is 5.02 Å². The molecule has 0 atom stereocenters. The van der Waals surface area contributed by atoms with Crippen LogP contribution < -0.4 is 0 Å². The molecule has 0 aliphatic carbocycles. The first-order valence-electron chi connectivity index (χ1n) is 3.99. The van der Waals surface area contributed by atoms with Gasteiger partial charge in [-0.05, 0) is 11.6 Å². The van der Waals surface area contributed by atoms with E-state index >= 15 is 0 Å². The Kier molecular flexibility index (Phi) is 3.42. The zero-order valence-corrected chi connectivity index (χ0v) is 8.36. The molecule has 16 heavy (non-hydrogen) atoms. The molecular formula is C9H5ClF4O2. The molecule has 0 unspecified atom stereocenters. The van der Waals surface area contributed by atoms with Crippen molar-refractivity contribution in [3.63, 3.8) is 0 Å². The molecule has 0 spiro atoms. The number of carboxylic acids is 1. The molecule has 0 fully saturated rings. The van der Waals surface area contributed by atoms with Crippen molar-refractivity contribution < 1.29 is 27.5 Å². The second-order valence-corrected chi connectivity index (χ2v) is 3.37. The maximum absolute atomic E-state index is 13.2. The molecule has 0 saturated carbocycles. The van der Waals surface area contributed by atoms with Gasteiger partial charge in [-0.3, -0.25) is 4.79 Å². The van der Waals surface area contributed by atoms with Crippen molar-refractivity contribution in [1.82, 2.24) is 0 Å². The van der Waals surface area contributed by atoms with Crippen LogP contribution in [-0.2, 0) is 17.4 Å². The number of hydrogen-bond acceptors (Lipinski definition) is 1. The van der Waals surface area contributed by atoms with Gasteiger partial charge in [-0.2, -0.15) is 13.2 Å². The fourth-order valence-electron chi connectivity index (χ4n) is 1.21. The van der Waals surface area contributed by atoms with Crippen LogP contribution in [0.25, 0.3) is 0 Å². The second-order valence-electron chi connectivity index (χ2n) is 2.96. The average Bonchev–Trinajstić information content (AvgIpc) is 2.08. The maximum Gasteiger partial charge on any atom is 0.419 e. The van der Waals surface area contributed by atoms with E-state index in [1.807, 2.05) is 0 Å². The van der Waals surface area contributed by atoms with E-state index in [4.69, 9.17) is 16.7 Å². The topological polar surface area (TPSA) is 37.3 Å². The highest BCUT2D eigenvalue weighted by molar-refractivity contribution is 6.30. The lowest BCUT2D eigenvalue weighted by Crippen LogP contribution is -2.15. The quantitative estimate of drug-likeness (QED) is 0.826. The van der Waals surface area contributed by atoms with Gasteiger partial charge in [-0.1, -0.05) is 17.7 Å². The lowest BCUT2D eigenvalue weighted by atomic mass is 10.0. The van der Waals surface area contributed by atoms with E-state index in [2.05, 4.69) is 0 Å². The summed E-state index contributed by atoms with van der Waals surface area (Å²) in [7, 11) is 0. The lowest BCUT2D eigenvalue weighted by molar-refractivity contribution is -0.141. The fourth-order valence-corrected chi connectivity index (χ4v) is 1.36. The molecule has 1 aromatic rings. The van der Waals surface area contributed by atoms with Gasteiger partial charge in [0.05, 0.1) is 17.0 Å². The van der Waals surface area contributed by atoms with Crippen LogP contribution in [0, 0.1) is 5.82 Å². The highest BCUT2D eigenvalue weighted by atomic mass is 35.5. The number of carbonyl (C=O) groups is 1. The molecule has 0 bridgehead atoms. The van der Waals surface area contributed by atoms with Crippen molar-refractivity contribution in [2.24, 2.45) is 0 Å². The van der Waals surface area contributed by atoms with Crippen LogP contribution in [0.3, 0.4) is 0 Å². The van der Waals surface area contributed by atoms with Crippen molar-refractivity contribution in [1.29, 1.82) is 0 Å². The minimum atomic E-state index is -4.97. The van der Waals surface area contributed by atoms with Crippen molar-refractivity contribution in [2.75, 3.05) is 0 Å². The zero-order chi connectivity index (χ0) is 12.5. The third-order valence-electron chi connectivity index (χ3n) is 1.81. The molecule has 2 nitrogen and oxygen atoms in total. The minimum absolute atomic E-state index is 0.651. The Morgan fingerprint density at radius 2 is 1.94 bits per heavy atom. The van der Waals surface area contributed by atoms with Crippen LogP contribution >= 0.6 is 11.6 Å². The number of hydrogen-bond donors (Lipinski definition) is 1. The molecule has 0 saturated heterocycles. The molecule has 7 heteroatoms. The lowest BCUT2D eigenvalue weighted by Gasteiger charge is -2.13. The molecule has 0 heterocycles. The van der Waals surface area contributed by atoms with Crippen LogP contribution in [0.15, 0.2) is 12.1 Å². The van der Waals surface area contributed by atoms with Crippen LogP contribution in [0.4, 0.5) is 17.6 Å². The first kappa shape index (κ1) is 12.8. The molecule has 1 N–H and O–H groups in total. The van der Waals surface area contributed by atoms with Gasteiger partial charge >= 0.3 is 12.1 Å². The summed E-state index contributed by atoms with van der Waals surface area (Å²) in [5.41, 5.74) is -2.27. The summed E-state index contributed by atoms with van der Waals surface area (Å²) in [6.07, 6.45) is -5.89. The zero-order valence-electron chi connectivity index (χ0n) is 7.61. The summed E-state index contributed by atoms with van der Waals surface area (Å²) >= 11 is 5.21. The smallest absolute Gasteiger partial charge is 0.419 e. The Balaban J connectivity index is 3.39. The van der Waals surface area contributed by atoms with E-state index in [-0.39, 0.29) is 0 Å². The highest BCUT2D eigenvalue weighted by Crippen LogP contribution is 2.36. The van der Waals surface area contributed by atoms with Gasteiger partial charge in [0.15, 0.2) is 5.82 Å². The molecule has 88 valence electrons. The number of halogens is 5. The summed E-state index contributed by atoms with van der Waals surface area (Å²) in [6.45, 7) is 0. The third kappa shape index (κ3) is 2.63. The third-order valence-corrected chi connectivity index (χ3v) is 2.10. The molecule has 1 aromatic carbocycles. The van der Waals surface area contributed by atoms with E-state index in [1.54, 1.807) is 0 Å². The predicted molar refractivity (Wildman–Crippen MR) is 47.8 cm³/mol. The van der Waals surface area contributed by atoms with E-state index in [0.717, 1.165) is 12.1 Å². The van der Waals surface area contributed by atoms with Gasteiger partial charge in [-0.15, -0.1) is 0 Å². The standard InChI is InChI=1S/C9H5ClF4O2/c10-5-2-1-4(3-6(15)16)7(8(5)11)9(12,13)14/h1-2H,3H2,(H,15,16). The molecule has 0 amide bonds. The van der Waals surface area contributed by atoms with Crippen LogP contribution in [0.1, 0.15) is 11.1 Å². The van der Waals surface area contributed by atoms with E-state index in [1.165, 1.54) is 0 Å². The fraction of sp³-hybridized carbons (Fsp3) is 0.222. The molecule has 0 aromatic heterocycles. The molecule has 0 aliphatic heterocycles. The predicted octanol–water partition coefficient (Wildman–Crippen LogP) is 3.13. The molecule has 0 radical (unpaired) electrons. The molecular weight excluding hydrogens is 252 g/mol. The summed E-state index contributed by atoms with van der Waals surface area (Å²) in [6, 6.07) is 1.74. The molecule has 1 rings (SSSR count). The molecule has 0 aliphatic rings. The number of rotatable bonds is 2. The maximum atomic E-state index is 13.2. The van der Waals surface area contributed by atoms with Crippen molar-refractivity contribution in [2.45, 2.75) is 12.6 Å². The van der Waals surface area contributed by atoms with E-state index < -0.39 is 40.5 Å². The van der Waals surface area contributed by atoms with Gasteiger partial charge in [0.1, 0.15) is 0 Å². The first-order chi connectivity index (χ1) is 7.23. The van der Waals surface area contributed by atoms with Crippen molar-refractivity contribution in [3.05, 3.63) is 34.1 Å². The Morgan fingerprint density at radius 3 is 2.38 bits per heavy atom. The summed E-state index contributed by atoms with van der Waals surface area (Å²) in [5.74, 6) is -3.12. The normalized spacial score (nSPS) is 11.6. The number of aliphatic carboxylic acids is 1. The number of benzene rings is 1. The Bertz CT molecular complexity index is 428. The van der Waals surface area contributed by atoms with Crippen molar-refractivity contribution in [3.8, 4) is 0 Å². The van der Waals surface area contributed by atoms with Crippen molar-refractivity contribution >= 4 is 17.6 Å². The number of carboxylic acid groups (broad SMARTS) is 1. The van der Waals surface area contributed by atoms with Gasteiger partial charge in [0, 0.05) is 0 Å². The monoisotopic (exact) mass is 256 g/mol. The highest BCUT2D eigenvalue weighted by Gasteiger charge is 2.38. The van der Waals surface area contributed by atoms with E-state index in [0.29, 0.717) is 0 Å². The second kappa shape index (κ2) is 4.29. The SMILES string of the molecule is O=C(O)Cc1ccc(Cl)c(F)c1C(F)(F)F. The van der Waals surface area contributed by atoms with Gasteiger partial charge in [-0.25, -0.2) is 4.39 Å². The Hall–Kier alpha value is -1.30. The number of alkyl halides is 3. The summed E-state index contributed by atoms with van der Waals surface area (Å²) in [5, 5.41) is 7.70. The Labute approximate surface area is 92.4 Å². The first-order valence-corrected chi connectivity index (χ1v) is 4.37. The van der Waals surface area contributed by atoms with Gasteiger partial charge < -0.3 is 5.11 Å².